The number of hydrogen-bond acceptors (Lipinski definition) is 5. The first-order valence-corrected chi connectivity index (χ1v) is 12.2. The van der Waals surface area contributed by atoms with Crippen molar-refractivity contribution in [3.63, 3.8) is 0 Å². The lowest BCUT2D eigenvalue weighted by molar-refractivity contribution is 0.214. The van der Waals surface area contributed by atoms with Gasteiger partial charge >= 0.3 is 5.69 Å². The lowest BCUT2D eigenvalue weighted by Crippen LogP contribution is -2.46. The molecule has 2 atom stereocenters. The minimum atomic E-state index is -1.93. The van der Waals surface area contributed by atoms with Gasteiger partial charge in [-0.1, -0.05) is 33.8 Å². The predicted octanol–water partition coefficient (Wildman–Crippen LogP) is 2.96. The van der Waals surface area contributed by atoms with Gasteiger partial charge in [-0.15, -0.1) is 0 Å². The Kier molecular flexibility index (Phi) is 6.15. The van der Waals surface area contributed by atoms with Crippen molar-refractivity contribution in [1.29, 1.82) is 0 Å². The van der Waals surface area contributed by atoms with Crippen LogP contribution in [0.2, 0.25) is 18.1 Å². The zero-order valence-corrected chi connectivity index (χ0v) is 17.8. The van der Waals surface area contributed by atoms with Gasteiger partial charge in [-0.25, -0.2) is 4.79 Å². The highest BCUT2D eigenvalue weighted by atomic mass is 28.4. The van der Waals surface area contributed by atoms with Gasteiger partial charge in [0.25, 0.3) is 0 Å². The summed E-state index contributed by atoms with van der Waals surface area (Å²) in [4.78, 5) is 15.9. The van der Waals surface area contributed by atoms with E-state index in [1.807, 2.05) is 6.08 Å². The van der Waals surface area contributed by atoms with Gasteiger partial charge < -0.3 is 15.3 Å². The third-order valence-corrected chi connectivity index (χ3v) is 11.1. The van der Waals surface area contributed by atoms with Crippen molar-refractivity contribution in [2.45, 2.75) is 58.3 Å². The molecule has 0 aromatic carbocycles. The molecule has 0 spiro atoms. The lowest BCUT2D eigenvalue weighted by atomic mass is 9.99. The van der Waals surface area contributed by atoms with Crippen molar-refractivity contribution in [2.24, 2.45) is 11.8 Å². The van der Waals surface area contributed by atoms with Crippen molar-refractivity contribution in [2.75, 3.05) is 18.9 Å². The van der Waals surface area contributed by atoms with Crippen molar-refractivity contribution < 1.29 is 9.53 Å². The Hall–Kier alpha value is -1.44. The molecule has 0 saturated heterocycles. The van der Waals surface area contributed by atoms with Crippen LogP contribution in [0.15, 0.2) is 28.7 Å². The van der Waals surface area contributed by atoms with E-state index < -0.39 is 8.32 Å². The number of nitrogen functional groups attached to an aromatic ring is 1. The summed E-state index contributed by atoms with van der Waals surface area (Å²) in [6, 6.07) is 1.51. The number of rotatable bonds is 7. The molecule has 2 rings (SSSR count). The highest BCUT2D eigenvalue weighted by Crippen LogP contribution is 2.45. The van der Waals surface area contributed by atoms with Crippen LogP contribution in [-0.4, -0.2) is 36.2 Å². The van der Waals surface area contributed by atoms with Gasteiger partial charge in [0.2, 0.25) is 0 Å². The summed E-state index contributed by atoms with van der Waals surface area (Å²) >= 11 is 0. The van der Waals surface area contributed by atoms with Gasteiger partial charge in [0.05, 0.1) is 12.6 Å². The predicted molar refractivity (Wildman–Crippen MR) is 108 cm³/mol. The molecule has 1 aliphatic rings. The number of hydrogen-bond donors (Lipinski definition) is 2. The molecular weight excluding hydrogens is 346 g/mol. The molecule has 146 valence electrons. The smallest absolute Gasteiger partial charge is 0.350 e. The fraction of sp³-hybridized carbons (Fsp3) is 0.684. The van der Waals surface area contributed by atoms with E-state index in [-0.39, 0.29) is 35.1 Å². The molecule has 3 N–H and O–H groups in total. The summed E-state index contributed by atoms with van der Waals surface area (Å²) < 4.78 is 8.05. The molecule has 0 bridgehead atoms. The van der Waals surface area contributed by atoms with Crippen LogP contribution in [-0.2, 0) is 4.43 Å². The number of aromatic nitrogens is 2. The maximum atomic E-state index is 12.1. The van der Waals surface area contributed by atoms with Crippen molar-refractivity contribution in [3.05, 3.63) is 34.4 Å². The highest BCUT2D eigenvalue weighted by molar-refractivity contribution is 6.74. The quantitative estimate of drug-likeness (QED) is 0.561. The molecule has 7 heteroatoms. The van der Waals surface area contributed by atoms with Crippen molar-refractivity contribution in [1.82, 2.24) is 9.55 Å². The van der Waals surface area contributed by atoms with Gasteiger partial charge in [-0.2, -0.15) is 4.98 Å². The third kappa shape index (κ3) is 4.10. The summed E-state index contributed by atoms with van der Waals surface area (Å²) in [6.45, 7) is 14.1. The van der Waals surface area contributed by atoms with Crippen LogP contribution in [0, 0.1) is 11.8 Å². The largest absolute Gasteiger partial charge is 0.416 e. The van der Waals surface area contributed by atoms with Gasteiger partial charge in [0.1, 0.15) is 5.82 Å². The Morgan fingerprint density at radius 2 is 2.12 bits per heavy atom. The number of anilines is 1. The standard InChI is InChI=1S/C19H33N3O3Si/c1-13(2)19(3,4)26(5,6)25-12-15-10-16(9-14(15)11-23)22-8-7-17(20)21-18(22)24/h7-9,13,15-16,23H,10-12H2,1-6H3,(H2,20,21,24)/t15-,16+/m0/s1. The fourth-order valence-electron chi connectivity index (χ4n) is 3.31. The summed E-state index contributed by atoms with van der Waals surface area (Å²) in [5, 5.41) is 9.90. The lowest BCUT2D eigenvalue weighted by Gasteiger charge is -2.43. The molecule has 0 fully saturated rings. The van der Waals surface area contributed by atoms with E-state index in [1.54, 1.807) is 16.8 Å². The van der Waals surface area contributed by atoms with Crippen LogP contribution >= 0.6 is 0 Å². The Morgan fingerprint density at radius 3 is 2.65 bits per heavy atom. The normalized spacial score (nSPS) is 21.3. The topological polar surface area (TPSA) is 90.4 Å². The summed E-state index contributed by atoms with van der Waals surface area (Å²) in [5.74, 6) is 0.871. The Bertz CT molecular complexity index is 725. The fourth-order valence-corrected chi connectivity index (χ4v) is 5.69. The molecule has 1 aromatic rings. The van der Waals surface area contributed by atoms with Crippen LogP contribution in [0.3, 0.4) is 0 Å². The van der Waals surface area contributed by atoms with Gasteiger partial charge in [-0.05, 0) is 42.1 Å². The van der Waals surface area contributed by atoms with Crippen LogP contribution in [0.25, 0.3) is 0 Å². The second-order valence-corrected chi connectivity index (χ2v) is 13.2. The molecule has 6 nitrogen and oxygen atoms in total. The van der Waals surface area contributed by atoms with Crippen molar-refractivity contribution >= 4 is 14.1 Å². The van der Waals surface area contributed by atoms with Crippen LogP contribution < -0.4 is 11.4 Å². The van der Waals surface area contributed by atoms with E-state index in [1.165, 1.54) is 0 Å². The van der Waals surface area contributed by atoms with E-state index in [9.17, 15) is 9.90 Å². The molecule has 1 aromatic heterocycles. The number of nitrogens with two attached hydrogens (primary N) is 1. The zero-order valence-electron chi connectivity index (χ0n) is 16.8. The van der Waals surface area contributed by atoms with Crippen LogP contribution in [0.1, 0.15) is 40.2 Å². The van der Waals surface area contributed by atoms with Gasteiger partial charge in [0, 0.05) is 18.7 Å². The monoisotopic (exact) mass is 379 g/mol. The SMILES string of the molecule is CC(C)C(C)(C)[Si](C)(C)OC[C@@H]1C[C@H](n2ccc(N)nc2=O)C=C1CO. The molecule has 0 saturated carbocycles. The average Bonchev–Trinajstić information content (AvgIpc) is 2.95. The van der Waals surface area contributed by atoms with E-state index in [2.05, 4.69) is 45.8 Å². The molecule has 26 heavy (non-hydrogen) atoms. The van der Waals surface area contributed by atoms with Crippen molar-refractivity contribution in [3.8, 4) is 0 Å². The molecule has 1 heterocycles. The second kappa shape index (κ2) is 7.66. The Morgan fingerprint density at radius 1 is 1.46 bits per heavy atom. The maximum absolute atomic E-state index is 12.1. The molecule has 0 unspecified atom stereocenters. The number of nitrogens with zero attached hydrogens (tertiary/aromatic N) is 2. The maximum Gasteiger partial charge on any atom is 0.350 e. The number of aliphatic hydroxyl groups is 1. The zero-order chi connectivity index (χ0) is 19.7. The molecule has 0 aliphatic heterocycles. The van der Waals surface area contributed by atoms with E-state index in [0.29, 0.717) is 12.5 Å². The van der Waals surface area contributed by atoms with Gasteiger partial charge in [-0.3, -0.25) is 4.57 Å². The first kappa shape index (κ1) is 20.9. The van der Waals surface area contributed by atoms with Crippen LogP contribution in [0.4, 0.5) is 5.82 Å². The van der Waals surface area contributed by atoms with Gasteiger partial charge in [0.15, 0.2) is 8.32 Å². The van der Waals surface area contributed by atoms with E-state index >= 15 is 0 Å². The van der Waals surface area contributed by atoms with E-state index in [0.717, 1.165) is 12.0 Å². The molecule has 1 aliphatic carbocycles. The van der Waals surface area contributed by atoms with Crippen LogP contribution in [0.5, 0.6) is 0 Å². The highest BCUT2D eigenvalue weighted by Gasteiger charge is 2.44. The Labute approximate surface area is 157 Å². The number of aliphatic hydroxyl groups excluding tert-OH is 1. The summed E-state index contributed by atoms with van der Waals surface area (Å²) in [6.07, 6.45) is 4.37. The summed E-state index contributed by atoms with van der Waals surface area (Å²) in [5.41, 5.74) is 6.15. The Balaban J connectivity index is 2.12. The average molecular weight is 380 g/mol. The minimum Gasteiger partial charge on any atom is -0.416 e. The third-order valence-electron chi connectivity index (χ3n) is 6.49. The first-order chi connectivity index (χ1) is 12.0. The molecule has 0 radical (unpaired) electrons. The second-order valence-electron chi connectivity index (χ2n) is 8.64. The number of allylic oxidation sites excluding steroid dienone is 1. The first-order valence-electron chi connectivity index (χ1n) is 9.29. The molecule has 0 amide bonds. The van der Waals surface area contributed by atoms with E-state index in [4.69, 9.17) is 10.2 Å². The molecular formula is C19H33N3O3Si. The summed E-state index contributed by atoms with van der Waals surface area (Å²) in [7, 11) is -1.93. The minimum absolute atomic E-state index is 0.0166.